The van der Waals surface area contributed by atoms with Crippen LogP contribution in [0.2, 0.25) is 0 Å². The minimum absolute atomic E-state index is 0.288. The van der Waals surface area contributed by atoms with Gasteiger partial charge in [0.2, 0.25) is 0 Å². The summed E-state index contributed by atoms with van der Waals surface area (Å²) in [6.45, 7) is 2.84. The first-order valence-corrected chi connectivity index (χ1v) is 11.3. The Morgan fingerprint density at radius 3 is 2.56 bits per heavy atom. The molecule has 0 bridgehead atoms. The molecular formula is C27H28N4O3. The van der Waals surface area contributed by atoms with E-state index >= 15 is 0 Å². The van der Waals surface area contributed by atoms with E-state index in [1.54, 1.807) is 25.5 Å². The standard InChI is InChI=1S/C27H28N4O3/c1-3-4-15-34-23-12-7-20(8-13-23)18-28-31-27(32)21-9-14-24-25(17-21)30-26(29-24)16-19-5-10-22(33-2)11-6-19/h5-14,17-18H,3-4,15-16H2,1-2H3,(H,29,30)(H,31,32)/b28-18-. The summed E-state index contributed by atoms with van der Waals surface area (Å²) in [6, 6.07) is 20.8. The quantitative estimate of drug-likeness (QED) is 0.197. The van der Waals surface area contributed by atoms with Crippen LogP contribution in [0.4, 0.5) is 0 Å². The first-order chi connectivity index (χ1) is 16.6. The van der Waals surface area contributed by atoms with Crippen molar-refractivity contribution >= 4 is 23.2 Å². The monoisotopic (exact) mass is 456 g/mol. The largest absolute Gasteiger partial charge is 0.497 e. The molecule has 0 aliphatic rings. The summed E-state index contributed by atoms with van der Waals surface area (Å²) < 4.78 is 10.9. The SMILES string of the molecule is CCCCOc1ccc(/C=N\NC(=O)c2ccc3nc(Cc4ccc(OC)cc4)[nH]c3c2)cc1. The minimum atomic E-state index is -0.288. The molecule has 0 unspecified atom stereocenters. The van der Waals surface area contributed by atoms with Crippen LogP contribution in [0, 0.1) is 0 Å². The molecule has 1 aromatic heterocycles. The van der Waals surface area contributed by atoms with Gasteiger partial charge in [-0.15, -0.1) is 0 Å². The summed E-state index contributed by atoms with van der Waals surface area (Å²) in [6.07, 6.45) is 4.40. The average Bonchev–Trinajstić information content (AvgIpc) is 3.27. The molecule has 0 aliphatic carbocycles. The van der Waals surface area contributed by atoms with Gasteiger partial charge in [-0.2, -0.15) is 5.10 Å². The maximum absolute atomic E-state index is 12.5. The number of benzene rings is 3. The highest BCUT2D eigenvalue weighted by atomic mass is 16.5. The Kier molecular flexibility index (Phi) is 7.55. The maximum atomic E-state index is 12.5. The Morgan fingerprint density at radius 1 is 1.06 bits per heavy atom. The van der Waals surface area contributed by atoms with Crippen molar-refractivity contribution < 1.29 is 14.3 Å². The van der Waals surface area contributed by atoms with E-state index in [-0.39, 0.29) is 5.91 Å². The van der Waals surface area contributed by atoms with E-state index in [1.165, 1.54) is 0 Å². The molecule has 0 saturated carbocycles. The van der Waals surface area contributed by atoms with E-state index in [2.05, 4.69) is 27.4 Å². The normalized spacial score (nSPS) is 11.1. The summed E-state index contributed by atoms with van der Waals surface area (Å²) in [4.78, 5) is 20.5. The number of methoxy groups -OCH3 is 1. The van der Waals surface area contributed by atoms with Crippen molar-refractivity contribution in [2.45, 2.75) is 26.2 Å². The first-order valence-electron chi connectivity index (χ1n) is 11.3. The predicted molar refractivity (Wildman–Crippen MR) is 134 cm³/mol. The van der Waals surface area contributed by atoms with Crippen LogP contribution in [0.5, 0.6) is 11.5 Å². The molecule has 0 radical (unpaired) electrons. The number of aromatic nitrogens is 2. The Balaban J connectivity index is 1.35. The van der Waals surface area contributed by atoms with Crippen LogP contribution in [0.3, 0.4) is 0 Å². The summed E-state index contributed by atoms with van der Waals surface area (Å²) in [5, 5.41) is 4.08. The lowest BCUT2D eigenvalue weighted by atomic mass is 10.1. The lowest BCUT2D eigenvalue weighted by Crippen LogP contribution is -2.17. The topological polar surface area (TPSA) is 88.6 Å². The fourth-order valence-electron chi connectivity index (χ4n) is 3.44. The number of imidazole rings is 1. The summed E-state index contributed by atoms with van der Waals surface area (Å²) in [5.41, 5.74) is 6.69. The van der Waals surface area contributed by atoms with Gasteiger partial charge >= 0.3 is 0 Å². The number of nitrogens with zero attached hydrogens (tertiary/aromatic N) is 2. The minimum Gasteiger partial charge on any atom is -0.497 e. The fourth-order valence-corrected chi connectivity index (χ4v) is 3.44. The number of carbonyl (C=O) groups is 1. The summed E-state index contributed by atoms with van der Waals surface area (Å²) >= 11 is 0. The van der Waals surface area contributed by atoms with Crippen LogP contribution in [0.15, 0.2) is 71.8 Å². The molecule has 4 rings (SSSR count). The highest BCUT2D eigenvalue weighted by molar-refractivity contribution is 5.97. The van der Waals surface area contributed by atoms with E-state index in [9.17, 15) is 4.79 Å². The van der Waals surface area contributed by atoms with Crippen LogP contribution in [-0.2, 0) is 6.42 Å². The van der Waals surface area contributed by atoms with Crippen molar-refractivity contribution in [1.82, 2.24) is 15.4 Å². The van der Waals surface area contributed by atoms with Crippen LogP contribution in [0.1, 0.15) is 47.1 Å². The zero-order valence-corrected chi connectivity index (χ0v) is 19.4. The molecule has 7 nitrogen and oxygen atoms in total. The molecule has 0 saturated heterocycles. The van der Waals surface area contributed by atoms with E-state index < -0.39 is 0 Å². The molecule has 2 N–H and O–H groups in total. The van der Waals surface area contributed by atoms with Crippen molar-refractivity contribution in [2.24, 2.45) is 5.10 Å². The molecule has 4 aromatic rings. The number of aromatic amines is 1. The second kappa shape index (κ2) is 11.1. The molecule has 0 spiro atoms. The Morgan fingerprint density at radius 2 is 1.82 bits per heavy atom. The lowest BCUT2D eigenvalue weighted by Gasteiger charge is -2.05. The molecule has 34 heavy (non-hydrogen) atoms. The molecule has 0 aliphatic heterocycles. The van der Waals surface area contributed by atoms with Gasteiger partial charge in [-0.3, -0.25) is 4.79 Å². The third-order valence-electron chi connectivity index (χ3n) is 5.35. The predicted octanol–water partition coefficient (Wildman–Crippen LogP) is 5.11. The molecule has 1 amide bonds. The zero-order valence-electron chi connectivity index (χ0n) is 19.4. The Bertz CT molecular complexity index is 1260. The van der Waals surface area contributed by atoms with Crippen molar-refractivity contribution in [1.29, 1.82) is 0 Å². The number of nitrogens with one attached hydrogen (secondary N) is 2. The summed E-state index contributed by atoms with van der Waals surface area (Å²) in [5.74, 6) is 2.19. The van der Waals surface area contributed by atoms with E-state index in [0.717, 1.165) is 52.3 Å². The van der Waals surface area contributed by atoms with Crippen LogP contribution in [-0.4, -0.2) is 35.8 Å². The number of fused-ring (bicyclic) bond motifs is 1. The van der Waals surface area contributed by atoms with Crippen LogP contribution >= 0.6 is 0 Å². The molecule has 174 valence electrons. The summed E-state index contributed by atoms with van der Waals surface area (Å²) in [7, 11) is 1.65. The Labute approximate surface area is 198 Å². The number of H-pyrrole nitrogens is 1. The maximum Gasteiger partial charge on any atom is 0.271 e. The van der Waals surface area contributed by atoms with Gasteiger partial charge in [0.1, 0.15) is 17.3 Å². The first kappa shape index (κ1) is 23.0. The molecule has 1 heterocycles. The molecule has 3 aromatic carbocycles. The number of carbonyl (C=O) groups excluding carboxylic acids is 1. The van der Waals surface area contributed by atoms with E-state index in [1.807, 2.05) is 54.6 Å². The van der Waals surface area contributed by atoms with Crippen LogP contribution in [0.25, 0.3) is 11.0 Å². The Hall–Kier alpha value is -4.13. The van der Waals surface area contributed by atoms with Crippen molar-refractivity contribution in [3.8, 4) is 11.5 Å². The van der Waals surface area contributed by atoms with Crippen molar-refractivity contribution in [3.05, 3.63) is 89.2 Å². The van der Waals surface area contributed by atoms with Gasteiger partial charge in [0.15, 0.2) is 0 Å². The van der Waals surface area contributed by atoms with Gasteiger partial charge in [0.05, 0.1) is 31.0 Å². The second-order valence-electron chi connectivity index (χ2n) is 7.91. The second-order valence-corrected chi connectivity index (χ2v) is 7.91. The highest BCUT2D eigenvalue weighted by Gasteiger charge is 2.09. The molecule has 0 fully saturated rings. The van der Waals surface area contributed by atoms with E-state index in [4.69, 9.17) is 9.47 Å². The van der Waals surface area contributed by atoms with Crippen LogP contribution < -0.4 is 14.9 Å². The van der Waals surface area contributed by atoms with Gasteiger partial charge in [-0.1, -0.05) is 25.5 Å². The molecule has 7 heteroatoms. The van der Waals surface area contributed by atoms with Gasteiger partial charge in [-0.25, -0.2) is 10.4 Å². The number of rotatable bonds is 10. The number of hydrazone groups is 1. The third-order valence-corrected chi connectivity index (χ3v) is 5.35. The van der Waals surface area contributed by atoms with Gasteiger partial charge < -0.3 is 14.5 Å². The third kappa shape index (κ3) is 6.01. The van der Waals surface area contributed by atoms with Gasteiger partial charge in [0.25, 0.3) is 5.91 Å². The average molecular weight is 457 g/mol. The van der Waals surface area contributed by atoms with E-state index in [0.29, 0.717) is 18.6 Å². The lowest BCUT2D eigenvalue weighted by molar-refractivity contribution is 0.0955. The fraction of sp³-hybridized carbons (Fsp3) is 0.222. The van der Waals surface area contributed by atoms with Gasteiger partial charge in [0, 0.05) is 12.0 Å². The molecule has 0 atom stereocenters. The molecular weight excluding hydrogens is 428 g/mol. The number of hydrogen-bond donors (Lipinski definition) is 2. The number of amides is 1. The van der Waals surface area contributed by atoms with Gasteiger partial charge in [-0.05, 0) is 72.1 Å². The highest BCUT2D eigenvalue weighted by Crippen LogP contribution is 2.18. The zero-order chi connectivity index (χ0) is 23.8. The smallest absolute Gasteiger partial charge is 0.271 e. The van der Waals surface area contributed by atoms with Crippen molar-refractivity contribution in [3.63, 3.8) is 0 Å². The number of unbranched alkanes of at least 4 members (excludes halogenated alkanes) is 1. The number of hydrogen-bond acceptors (Lipinski definition) is 5. The number of ether oxygens (including phenoxy) is 2. The van der Waals surface area contributed by atoms with Crippen molar-refractivity contribution in [2.75, 3.05) is 13.7 Å².